The van der Waals surface area contributed by atoms with Crippen molar-refractivity contribution < 1.29 is 17.9 Å². The van der Waals surface area contributed by atoms with Crippen LogP contribution in [0.5, 0.6) is 5.75 Å². The van der Waals surface area contributed by atoms with Gasteiger partial charge in [0.1, 0.15) is 5.75 Å². The molecule has 0 radical (unpaired) electrons. The van der Waals surface area contributed by atoms with Crippen LogP contribution >= 0.6 is 0 Å². The zero-order chi connectivity index (χ0) is 18.4. The number of likely N-dealkylation sites (tertiary alicyclic amines) is 1. The molecule has 1 heterocycles. The minimum atomic E-state index is -3.39. The zero-order valence-electron chi connectivity index (χ0n) is 15.1. The Kier molecular flexibility index (Phi) is 6.80. The lowest BCUT2D eigenvalue weighted by molar-refractivity contribution is 0.0956. The first-order chi connectivity index (χ1) is 11.8. The molecule has 7 nitrogen and oxygen atoms in total. The number of benzene rings is 1. The van der Waals surface area contributed by atoms with Gasteiger partial charge in [0.05, 0.1) is 12.9 Å². The highest BCUT2D eigenvalue weighted by Crippen LogP contribution is 2.17. The van der Waals surface area contributed by atoms with E-state index < -0.39 is 10.0 Å². The third kappa shape index (κ3) is 5.42. The van der Waals surface area contributed by atoms with Crippen molar-refractivity contribution in [2.75, 3.05) is 46.6 Å². The molecule has 0 aromatic heterocycles. The second kappa shape index (κ2) is 8.64. The van der Waals surface area contributed by atoms with E-state index in [1.165, 1.54) is 4.31 Å². The average Bonchev–Trinajstić information content (AvgIpc) is 2.61. The smallest absolute Gasteiger partial charge is 0.251 e. The molecule has 1 fully saturated rings. The summed E-state index contributed by atoms with van der Waals surface area (Å²) in [5, 5.41) is 2.66. The second-order valence-electron chi connectivity index (χ2n) is 6.35. The van der Waals surface area contributed by atoms with Crippen LogP contribution in [0.2, 0.25) is 0 Å². The van der Waals surface area contributed by atoms with E-state index in [-0.39, 0.29) is 24.2 Å². The van der Waals surface area contributed by atoms with Gasteiger partial charge in [-0.25, -0.2) is 12.7 Å². The molecule has 0 bridgehead atoms. The molecular weight excluding hydrogens is 342 g/mol. The van der Waals surface area contributed by atoms with Gasteiger partial charge in [0.15, 0.2) is 0 Å². The number of rotatable bonds is 7. The fourth-order valence-electron chi connectivity index (χ4n) is 2.87. The molecule has 8 heteroatoms. The van der Waals surface area contributed by atoms with Gasteiger partial charge in [-0.2, -0.15) is 0 Å². The standard InChI is InChI=1S/C17H27N3O4S/c1-19-11-8-15(9-12-19)20(2)25(22,23)13-10-18-17(21)14-4-6-16(24-3)7-5-14/h4-7,15H,8-13H2,1-3H3,(H,18,21). The van der Waals surface area contributed by atoms with E-state index in [1.807, 2.05) is 7.05 Å². The molecule has 0 saturated carbocycles. The first-order valence-corrected chi connectivity index (χ1v) is 10.0. The van der Waals surface area contributed by atoms with Crippen LogP contribution in [0.4, 0.5) is 0 Å². The van der Waals surface area contributed by atoms with Crippen LogP contribution in [-0.2, 0) is 10.0 Å². The van der Waals surface area contributed by atoms with Gasteiger partial charge in [0.25, 0.3) is 5.91 Å². The van der Waals surface area contributed by atoms with Crippen LogP contribution in [0.3, 0.4) is 0 Å². The summed E-state index contributed by atoms with van der Waals surface area (Å²) in [6.45, 7) is 1.89. The number of nitrogens with zero attached hydrogens (tertiary/aromatic N) is 2. The Morgan fingerprint density at radius 1 is 1.28 bits per heavy atom. The van der Waals surface area contributed by atoms with Crippen molar-refractivity contribution in [1.29, 1.82) is 0 Å². The van der Waals surface area contributed by atoms with E-state index in [0.29, 0.717) is 11.3 Å². The Morgan fingerprint density at radius 3 is 2.44 bits per heavy atom. The van der Waals surface area contributed by atoms with Crippen molar-refractivity contribution >= 4 is 15.9 Å². The molecule has 0 atom stereocenters. The van der Waals surface area contributed by atoms with Crippen molar-refractivity contribution in [3.63, 3.8) is 0 Å². The van der Waals surface area contributed by atoms with E-state index in [2.05, 4.69) is 10.2 Å². The molecule has 0 spiro atoms. The Hall–Kier alpha value is -1.64. The van der Waals surface area contributed by atoms with Crippen LogP contribution in [0.25, 0.3) is 0 Å². The van der Waals surface area contributed by atoms with Crippen LogP contribution in [0.15, 0.2) is 24.3 Å². The average molecular weight is 369 g/mol. The third-order valence-electron chi connectivity index (χ3n) is 4.64. The maximum Gasteiger partial charge on any atom is 0.251 e. The van der Waals surface area contributed by atoms with Gasteiger partial charge in [0, 0.05) is 25.2 Å². The molecule has 1 aromatic rings. The van der Waals surface area contributed by atoms with Crippen molar-refractivity contribution in [3.8, 4) is 5.75 Å². The fourth-order valence-corrected chi connectivity index (χ4v) is 4.18. The maximum atomic E-state index is 12.5. The number of nitrogens with one attached hydrogen (secondary N) is 1. The van der Waals surface area contributed by atoms with Crippen molar-refractivity contribution in [2.45, 2.75) is 18.9 Å². The summed E-state index contributed by atoms with van der Waals surface area (Å²) in [6.07, 6.45) is 1.68. The number of amides is 1. The molecule has 1 aliphatic heterocycles. The van der Waals surface area contributed by atoms with Gasteiger partial charge < -0.3 is 15.0 Å². The van der Waals surface area contributed by atoms with Gasteiger partial charge in [0.2, 0.25) is 10.0 Å². The van der Waals surface area contributed by atoms with E-state index in [4.69, 9.17) is 4.74 Å². The maximum absolute atomic E-state index is 12.5. The van der Waals surface area contributed by atoms with Gasteiger partial charge in [-0.15, -0.1) is 0 Å². The molecule has 2 rings (SSSR count). The Bertz CT molecular complexity index is 668. The topological polar surface area (TPSA) is 78.9 Å². The summed E-state index contributed by atoms with van der Waals surface area (Å²) in [7, 11) is 1.85. The molecule has 1 amide bonds. The summed E-state index contributed by atoms with van der Waals surface area (Å²) in [4.78, 5) is 14.3. The Labute approximate surface area is 150 Å². The molecule has 1 saturated heterocycles. The SMILES string of the molecule is COc1ccc(C(=O)NCCS(=O)(=O)N(C)C2CCN(C)CC2)cc1. The first-order valence-electron chi connectivity index (χ1n) is 8.40. The van der Waals surface area contributed by atoms with Gasteiger partial charge in [-0.3, -0.25) is 4.79 Å². The lowest BCUT2D eigenvalue weighted by Crippen LogP contribution is -2.46. The highest BCUT2D eigenvalue weighted by molar-refractivity contribution is 7.89. The quantitative estimate of drug-likeness (QED) is 0.768. The molecule has 1 aliphatic rings. The van der Waals surface area contributed by atoms with Crippen LogP contribution in [0.1, 0.15) is 23.2 Å². The second-order valence-corrected chi connectivity index (χ2v) is 8.50. The van der Waals surface area contributed by atoms with E-state index in [1.54, 1.807) is 38.4 Å². The van der Waals surface area contributed by atoms with E-state index in [9.17, 15) is 13.2 Å². The minimum absolute atomic E-state index is 0.0403. The lowest BCUT2D eigenvalue weighted by Gasteiger charge is -2.34. The molecule has 140 valence electrons. The molecule has 0 unspecified atom stereocenters. The summed E-state index contributed by atoms with van der Waals surface area (Å²) in [5.74, 6) is 0.274. The Balaban J connectivity index is 1.83. The van der Waals surface area contributed by atoms with E-state index in [0.717, 1.165) is 25.9 Å². The minimum Gasteiger partial charge on any atom is -0.497 e. The summed E-state index contributed by atoms with van der Waals surface area (Å²) in [6, 6.07) is 6.72. The van der Waals surface area contributed by atoms with Crippen LogP contribution < -0.4 is 10.1 Å². The van der Waals surface area contributed by atoms with Crippen LogP contribution in [-0.4, -0.2) is 76.2 Å². The van der Waals surface area contributed by atoms with Gasteiger partial charge in [-0.05, 0) is 57.2 Å². The highest BCUT2D eigenvalue weighted by Gasteiger charge is 2.28. The summed E-state index contributed by atoms with van der Waals surface area (Å²) in [5.41, 5.74) is 0.474. The predicted octanol–water partition coefficient (Wildman–Crippen LogP) is 0.781. The molecule has 1 aromatic carbocycles. The van der Waals surface area contributed by atoms with E-state index >= 15 is 0 Å². The largest absolute Gasteiger partial charge is 0.497 e. The normalized spacial score (nSPS) is 16.8. The van der Waals surface area contributed by atoms with Crippen molar-refractivity contribution in [3.05, 3.63) is 29.8 Å². The number of sulfonamides is 1. The highest BCUT2D eigenvalue weighted by atomic mass is 32.2. The summed E-state index contributed by atoms with van der Waals surface area (Å²) < 4.78 is 31.4. The number of methoxy groups -OCH3 is 1. The molecule has 1 N–H and O–H groups in total. The number of hydrogen-bond donors (Lipinski definition) is 1. The number of hydrogen-bond acceptors (Lipinski definition) is 5. The van der Waals surface area contributed by atoms with Crippen molar-refractivity contribution in [2.24, 2.45) is 0 Å². The first kappa shape index (κ1) is 19.7. The Morgan fingerprint density at radius 2 is 1.88 bits per heavy atom. The number of ether oxygens (including phenoxy) is 1. The predicted molar refractivity (Wildman–Crippen MR) is 97.4 cm³/mol. The summed E-state index contributed by atoms with van der Waals surface area (Å²) >= 11 is 0. The van der Waals surface area contributed by atoms with Crippen LogP contribution in [0, 0.1) is 0 Å². The number of carbonyl (C=O) groups is 1. The lowest BCUT2D eigenvalue weighted by atomic mass is 10.1. The number of piperidine rings is 1. The van der Waals surface area contributed by atoms with Crippen molar-refractivity contribution in [1.82, 2.24) is 14.5 Å². The fraction of sp³-hybridized carbons (Fsp3) is 0.588. The van der Waals surface area contributed by atoms with Gasteiger partial charge >= 0.3 is 0 Å². The third-order valence-corrected chi connectivity index (χ3v) is 6.53. The number of carbonyl (C=O) groups excluding carboxylic acids is 1. The molecule has 25 heavy (non-hydrogen) atoms. The van der Waals surface area contributed by atoms with Gasteiger partial charge in [-0.1, -0.05) is 0 Å². The monoisotopic (exact) mass is 369 g/mol. The molecule has 0 aliphatic carbocycles. The molecular formula is C17H27N3O4S. The zero-order valence-corrected chi connectivity index (χ0v) is 15.9.